The van der Waals surface area contributed by atoms with Crippen LogP contribution in [0.1, 0.15) is 31.2 Å². The Bertz CT molecular complexity index is 320. The largest absolute Gasteiger partial charge is 0.123 e. The van der Waals surface area contributed by atoms with Gasteiger partial charge < -0.3 is 0 Å². The van der Waals surface area contributed by atoms with Crippen LogP contribution in [0.15, 0.2) is 28.7 Å². The monoisotopic (exact) mass is 286 g/mol. The van der Waals surface area contributed by atoms with Crippen LogP contribution in [0.3, 0.4) is 0 Å². The van der Waals surface area contributed by atoms with E-state index in [4.69, 9.17) is 11.6 Å². The molecule has 0 nitrogen and oxygen atoms in total. The van der Waals surface area contributed by atoms with Crippen molar-refractivity contribution >= 4 is 27.5 Å². The van der Waals surface area contributed by atoms with Gasteiger partial charge in [-0.2, -0.15) is 0 Å². The molecule has 0 radical (unpaired) electrons. The van der Waals surface area contributed by atoms with E-state index in [1.807, 2.05) is 0 Å². The average molecular weight is 288 g/mol. The first-order chi connectivity index (χ1) is 7.25. The van der Waals surface area contributed by atoms with Gasteiger partial charge in [0.1, 0.15) is 0 Å². The van der Waals surface area contributed by atoms with E-state index in [0.29, 0.717) is 5.38 Å². The highest BCUT2D eigenvalue weighted by Gasteiger charge is 2.28. The van der Waals surface area contributed by atoms with Crippen LogP contribution in [0.25, 0.3) is 0 Å². The average Bonchev–Trinajstić information content (AvgIpc) is 3.00. The van der Waals surface area contributed by atoms with Crippen LogP contribution in [0, 0.1) is 5.92 Å². The molecule has 2 heteroatoms. The summed E-state index contributed by atoms with van der Waals surface area (Å²) in [5.74, 6) is 0.828. The van der Waals surface area contributed by atoms with Crippen molar-refractivity contribution in [2.24, 2.45) is 5.92 Å². The summed E-state index contributed by atoms with van der Waals surface area (Å²) in [4.78, 5) is 0. The first kappa shape index (κ1) is 11.5. The van der Waals surface area contributed by atoms with E-state index in [0.717, 1.165) is 12.3 Å². The molecular formula is C13H16BrCl. The van der Waals surface area contributed by atoms with E-state index in [1.54, 1.807) is 0 Å². The normalized spacial score (nSPS) is 17.7. The molecule has 1 aromatic carbocycles. The SMILES string of the molecule is ClC(CCCc1cccc(Br)c1)C1CC1. The fourth-order valence-corrected chi connectivity index (χ4v) is 2.74. The minimum Gasteiger partial charge on any atom is -0.123 e. The van der Waals surface area contributed by atoms with Gasteiger partial charge in [0.2, 0.25) is 0 Å². The molecule has 1 aromatic rings. The lowest BCUT2D eigenvalue weighted by atomic mass is 10.1. The second-order valence-corrected chi connectivity index (χ2v) is 5.85. The van der Waals surface area contributed by atoms with Crippen molar-refractivity contribution in [1.82, 2.24) is 0 Å². The van der Waals surface area contributed by atoms with Crippen molar-refractivity contribution in [2.45, 2.75) is 37.5 Å². The zero-order valence-electron chi connectivity index (χ0n) is 8.76. The quantitative estimate of drug-likeness (QED) is 0.683. The van der Waals surface area contributed by atoms with Gasteiger partial charge in [-0.1, -0.05) is 28.1 Å². The highest BCUT2D eigenvalue weighted by atomic mass is 79.9. The van der Waals surface area contributed by atoms with Crippen LogP contribution in [-0.2, 0) is 6.42 Å². The molecule has 1 atom stereocenters. The Morgan fingerprint density at radius 3 is 2.87 bits per heavy atom. The minimum absolute atomic E-state index is 0.428. The Morgan fingerprint density at radius 2 is 2.20 bits per heavy atom. The number of hydrogen-bond acceptors (Lipinski definition) is 0. The summed E-state index contributed by atoms with van der Waals surface area (Å²) in [6, 6.07) is 8.54. The lowest BCUT2D eigenvalue weighted by molar-refractivity contribution is 0.637. The minimum atomic E-state index is 0.428. The first-order valence-electron chi connectivity index (χ1n) is 5.64. The fourth-order valence-electron chi connectivity index (χ4n) is 1.89. The van der Waals surface area contributed by atoms with Gasteiger partial charge in [-0.25, -0.2) is 0 Å². The molecule has 15 heavy (non-hydrogen) atoms. The van der Waals surface area contributed by atoms with Crippen molar-refractivity contribution in [3.63, 3.8) is 0 Å². The lowest BCUT2D eigenvalue weighted by Gasteiger charge is -2.07. The van der Waals surface area contributed by atoms with Gasteiger partial charge in [0, 0.05) is 9.85 Å². The molecule has 0 N–H and O–H groups in total. The summed E-state index contributed by atoms with van der Waals surface area (Å²) in [6.07, 6.45) is 6.23. The Hall–Kier alpha value is -0.0100. The highest BCUT2D eigenvalue weighted by Crippen LogP contribution is 2.37. The second-order valence-electron chi connectivity index (χ2n) is 4.38. The van der Waals surface area contributed by atoms with Gasteiger partial charge in [-0.05, 0) is 55.7 Å². The summed E-state index contributed by atoms with van der Waals surface area (Å²) in [6.45, 7) is 0. The van der Waals surface area contributed by atoms with Crippen LogP contribution in [0.5, 0.6) is 0 Å². The van der Waals surface area contributed by atoms with Gasteiger partial charge >= 0.3 is 0 Å². The molecule has 0 spiro atoms. The molecule has 1 saturated carbocycles. The maximum atomic E-state index is 6.27. The molecule has 0 bridgehead atoms. The number of halogens is 2. The van der Waals surface area contributed by atoms with E-state index in [1.165, 1.54) is 35.7 Å². The van der Waals surface area contributed by atoms with Crippen LogP contribution < -0.4 is 0 Å². The third-order valence-electron chi connectivity index (χ3n) is 2.97. The Morgan fingerprint density at radius 1 is 1.40 bits per heavy atom. The van der Waals surface area contributed by atoms with Crippen LogP contribution in [-0.4, -0.2) is 5.38 Å². The van der Waals surface area contributed by atoms with Crippen LogP contribution in [0.2, 0.25) is 0 Å². The van der Waals surface area contributed by atoms with E-state index < -0.39 is 0 Å². The summed E-state index contributed by atoms with van der Waals surface area (Å²) in [7, 11) is 0. The molecule has 0 aromatic heterocycles. The van der Waals surface area contributed by atoms with Gasteiger partial charge in [0.25, 0.3) is 0 Å². The Labute approximate surface area is 105 Å². The van der Waals surface area contributed by atoms with Crippen molar-refractivity contribution in [2.75, 3.05) is 0 Å². The van der Waals surface area contributed by atoms with E-state index in [-0.39, 0.29) is 0 Å². The van der Waals surface area contributed by atoms with Gasteiger partial charge in [-0.15, -0.1) is 11.6 Å². The predicted octanol–water partition coefficient (Wildman–Crippen LogP) is 4.79. The number of alkyl halides is 1. The van der Waals surface area contributed by atoms with Crippen molar-refractivity contribution in [1.29, 1.82) is 0 Å². The number of benzene rings is 1. The van der Waals surface area contributed by atoms with Crippen molar-refractivity contribution in [3.8, 4) is 0 Å². The first-order valence-corrected chi connectivity index (χ1v) is 6.87. The van der Waals surface area contributed by atoms with Crippen molar-refractivity contribution < 1.29 is 0 Å². The van der Waals surface area contributed by atoms with Gasteiger partial charge in [-0.3, -0.25) is 0 Å². The van der Waals surface area contributed by atoms with Crippen LogP contribution in [0.4, 0.5) is 0 Å². The maximum Gasteiger partial charge on any atom is 0.0364 e. The highest BCUT2D eigenvalue weighted by molar-refractivity contribution is 9.10. The molecular weight excluding hydrogens is 272 g/mol. The molecule has 0 heterocycles. The molecule has 2 rings (SSSR count). The zero-order chi connectivity index (χ0) is 10.7. The molecule has 1 aliphatic carbocycles. The summed E-state index contributed by atoms with van der Waals surface area (Å²) in [5, 5.41) is 0.428. The zero-order valence-corrected chi connectivity index (χ0v) is 11.1. The topological polar surface area (TPSA) is 0 Å². The van der Waals surface area contributed by atoms with Gasteiger partial charge in [0.15, 0.2) is 0 Å². The Kier molecular flexibility index (Phi) is 4.10. The maximum absolute atomic E-state index is 6.27. The van der Waals surface area contributed by atoms with E-state index in [9.17, 15) is 0 Å². The van der Waals surface area contributed by atoms with E-state index >= 15 is 0 Å². The Balaban J connectivity index is 1.73. The summed E-state index contributed by atoms with van der Waals surface area (Å²) < 4.78 is 1.17. The third kappa shape index (κ3) is 3.81. The third-order valence-corrected chi connectivity index (χ3v) is 4.04. The molecule has 0 amide bonds. The smallest absolute Gasteiger partial charge is 0.0364 e. The van der Waals surface area contributed by atoms with E-state index in [2.05, 4.69) is 40.2 Å². The fraction of sp³-hybridized carbons (Fsp3) is 0.538. The molecule has 0 aliphatic heterocycles. The molecule has 1 fully saturated rings. The standard InChI is InChI=1S/C13H16BrCl/c14-12-5-1-3-10(9-12)4-2-6-13(15)11-7-8-11/h1,3,5,9,11,13H,2,4,6-8H2. The predicted molar refractivity (Wildman–Crippen MR) is 69.4 cm³/mol. The van der Waals surface area contributed by atoms with Crippen molar-refractivity contribution in [3.05, 3.63) is 34.3 Å². The number of rotatable bonds is 5. The van der Waals surface area contributed by atoms with Crippen LogP contribution >= 0.6 is 27.5 Å². The number of aryl methyl sites for hydroxylation is 1. The number of hydrogen-bond donors (Lipinski definition) is 0. The van der Waals surface area contributed by atoms with Gasteiger partial charge in [0.05, 0.1) is 0 Å². The summed E-state index contributed by atoms with van der Waals surface area (Å²) in [5.41, 5.74) is 1.41. The molecule has 1 aliphatic rings. The molecule has 1 unspecified atom stereocenters. The lowest BCUT2D eigenvalue weighted by Crippen LogP contribution is -2.01. The molecule has 0 saturated heterocycles. The second kappa shape index (κ2) is 5.36. The summed E-state index contributed by atoms with van der Waals surface area (Å²) >= 11 is 9.76. The molecule has 82 valence electrons.